The van der Waals surface area contributed by atoms with E-state index in [-0.39, 0.29) is 11.9 Å². The van der Waals surface area contributed by atoms with Crippen LogP contribution in [0.1, 0.15) is 31.2 Å². The van der Waals surface area contributed by atoms with E-state index in [0.29, 0.717) is 31.4 Å². The molecule has 2 heterocycles. The molecule has 0 bridgehead atoms. The Morgan fingerprint density at radius 2 is 2.17 bits per heavy atom. The molecule has 1 aromatic carbocycles. The molecule has 6 heteroatoms. The van der Waals surface area contributed by atoms with E-state index < -0.39 is 0 Å². The minimum Gasteiger partial charge on any atom is -0.466 e. The van der Waals surface area contributed by atoms with Gasteiger partial charge in [-0.2, -0.15) is 4.98 Å². The summed E-state index contributed by atoms with van der Waals surface area (Å²) in [5.41, 5.74) is 2.14. The van der Waals surface area contributed by atoms with Gasteiger partial charge in [-0.05, 0) is 33.2 Å². The second-order valence-electron chi connectivity index (χ2n) is 6.20. The molecule has 1 aliphatic rings. The lowest BCUT2D eigenvalue weighted by molar-refractivity contribution is -0.150. The average Bonchev–Trinajstić information content (AvgIpc) is 3.04. The topological polar surface area (TPSA) is 68.5 Å². The van der Waals surface area contributed by atoms with Crippen molar-refractivity contribution < 1.29 is 14.1 Å². The van der Waals surface area contributed by atoms with Gasteiger partial charge in [0.25, 0.3) is 0 Å². The Hall–Kier alpha value is -2.21. The number of likely N-dealkylation sites (tertiary alicyclic amines) is 1. The van der Waals surface area contributed by atoms with E-state index >= 15 is 0 Å². The van der Waals surface area contributed by atoms with Crippen LogP contribution in [0.25, 0.3) is 11.4 Å². The number of hydrogen-bond acceptors (Lipinski definition) is 6. The van der Waals surface area contributed by atoms with Crippen LogP contribution in [0.4, 0.5) is 0 Å². The van der Waals surface area contributed by atoms with E-state index in [1.807, 2.05) is 38.1 Å². The Bertz CT molecular complexity index is 681. The summed E-state index contributed by atoms with van der Waals surface area (Å²) in [7, 11) is 0. The van der Waals surface area contributed by atoms with Crippen LogP contribution < -0.4 is 0 Å². The molecule has 6 nitrogen and oxygen atoms in total. The first-order valence-electron chi connectivity index (χ1n) is 8.44. The second-order valence-corrected chi connectivity index (χ2v) is 6.20. The van der Waals surface area contributed by atoms with Gasteiger partial charge in [-0.25, -0.2) is 0 Å². The molecular formula is C18H23N3O3. The highest BCUT2D eigenvalue weighted by Gasteiger charge is 2.27. The molecule has 2 aromatic rings. The Morgan fingerprint density at radius 1 is 1.38 bits per heavy atom. The predicted molar refractivity (Wildman–Crippen MR) is 89.1 cm³/mol. The van der Waals surface area contributed by atoms with Crippen molar-refractivity contribution in [2.45, 2.75) is 33.2 Å². The third-order valence-corrected chi connectivity index (χ3v) is 4.26. The van der Waals surface area contributed by atoms with E-state index in [1.54, 1.807) is 0 Å². The Morgan fingerprint density at radius 3 is 2.92 bits per heavy atom. The lowest BCUT2D eigenvalue weighted by Crippen LogP contribution is -2.39. The van der Waals surface area contributed by atoms with Crippen molar-refractivity contribution in [1.29, 1.82) is 0 Å². The molecule has 1 atom stereocenters. The molecule has 24 heavy (non-hydrogen) atoms. The first-order chi connectivity index (χ1) is 11.7. The summed E-state index contributed by atoms with van der Waals surface area (Å²) < 4.78 is 10.5. The van der Waals surface area contributed by atoms with Gasteiger partial charge in [-0.1, -0.05) is 35.0 Å². The highest BCUT2D eigenvalue weighted by molar-refractivity contribution is 5.72. The van der Waals surface area contributed by atoms with Crippen LogP contribution in [0.3, 0.4) is 0 Å². The van der Waals surface area contributed by atoms with Crippen LogP contribution in [0.2, 0.25) is 0 Å². The fraction of sp³-hybridized carbons (Fsp3) is 0.500. The number of rotatable bonds is 5. The summed E-state index contributed by atoms with van der Waals surface area (Å²) in [6.07, 6.45) is 1.86. The zero-order valence-corrected chi connectivity index (χ0v) is 14.2. The minimum absolute atomic E-state index is 0.0572. The van der Waals surface area contributed by atoms with Crippen LogP contribution in [0.15, 0.2) is 28.8 Å². The van der Waals surface area contributed by atoms with Crippen molar-refractivity contribution in [1.82, 2.24) is 15.0 Å². The fourth-order valence-electron chi connectivity index (χ4n) is 2.98. The zero-order valence-electron chi connectivity index (χ0n) is 14.2. The van der Waals surface area contributed by atoms with Gasteiger partial charge in [0.15, 0.2) is 0 Å². The zero-order chi connectivity index (χ0) is 16.9. The number of aromatic nitrogens is 2. The molecule has 3 rings (SSSR count). The molecule has 0 N–H and O–H groups in total. The summed E-state index contributed by atoms with van der Waals surface area (Å²) in [6.45, 7) is 6.48. The molecule has 1 fully saturated rings. The van der Waals surface area contributed by atoms with Gasteiger partial charge < -0.3 is 9.26 Å². The van der Waals surface area contributed by atoms with Crippen LogP contribution in [0.5, 0.6) is 0 Å². The highest BCUT2D eigenvalue weighted by atomic mass is 16.5. The van der Waals surface area contributed by atoms with Crippen LogP contribution in [-0.4, -0.2) is 40.7 Å². The molecule has 0 saturated carbocycles. The van der Waals surface area contributed by atoms with Gasteiger partial charge in [-0.3, -0.25) is 9.69 Å². The summed E-state index contributed by atoms with van der Waals surface area (Å²) in [5, 5.41) is 4.06. The van der Waals surface area contributed by atoms with Gasteiger partial charge in [-0.15, -0.1) is 0 Å². The van der Waals surface area contributed by atoms with E-state index in [9.17, 15) is 4.79 Å². The monoisotopic (exact) mass is 329 g/mol. The smallest absolute Gasteiger partial charge is 0.310 e. The molecule has 0 amide bonds. The van der Waals surface area contributed by atoms with Crippen molar-refractivity contribution in [2.24, 2.45) is 5.92 Å². The highest BCUT2D eigenvalue weighted by Crippen LogP contribution is 2.21. The van der Waals surface area contributed by atoms with Crippen molar-refractivity contribution in [3.8, 4) is 11.4 Å². The Labute approximate surface area is 141 Å². The number of hydrogen-bond donors (Lipinski definition) is 0. The summed E-state index contributed by atoms with van der Waals surface area (Å²) in [4.78, 5) is 18.6. The minimum atomic E-state index is -0.104. The quantitative estimate of drug-likeness (QED) is 0.786. The van der Waals surface area contributed by atoms with Crippen molar-refractivity contribution in [2.75, 3.05) is 19.7 Å². The van der Waals surface area contributed by atoms with Gasteiger partial charge in [0, 0.05) is 12.1 Å². The first kappa shape index (κ1) is 16.6. The van der Waals surface area contributed by atoms with E-state index in [1.165, 1.54) is 5.56 Å². The Balaban J connectivity index is 1.62. The maximum atomic E-state index is 11.9. The number of carbonyl (C=O) groups is 1. The lowest BCUT2D eigenvalue weighted by atomic mass is 9.98. The second kappa shape index (κ2) is 7.57. The third-order valence-electron chi connectivity index (χ3n) is 4.26. The molecule has 1 aromatic heterocycles. The van der Waals surface area contributed by atoms with Gasteiger partial charge >= 0.3 is 5.97 Å². The van der Waals surface area contributed by atoms with E-state index in [0.717, 1.165) is 24.9 Å². The molecule has 1 aliphatic heterocycles. The average molecular weight is 329 g/mol. The standard InChI is InChI=1S/C18H23N3O3/c1-3-23-18(22)15-5-4-10-21(11-15)12-16-19-17(20-24-16)14-8-6-13(2)7-9-14/h6-9,15H,3-5,10-12H2,1-2H3. The van der Waals surface area contributed by atoms with Crippen molar-refractivity contribution >= 4 is 5.97 Å². The molecule has 0 radical (unpaired) electrons. The van der Waals surface area contributed by atoms with Gasteiger partial charge in [0.2, 0.25) is 11.7 Å². The molecule has 0 spiro atoms. The van der Waals surface area contributed by atoms with Crippen molar-refractivity contribution in [3.63, 3.8) is 0 Å². The first-order valence-corrected chi connectivity index (χ1v) is 8.44. The number of carbonyl (C=O) groups excluding carboxylic acids is 1. The number of aryl methyl sites for hydroxylation is 1. The van der Waals surface area contributed by atoms with E-state index in [2.05, 4.69) is 15.0 Å². The van der Waals surface area contributed by atoms with E-state index in [4.69, 9.17) is 9.26 Å². The SMILES string of the molecule is CCOC(=O)C1CCCN(Cc2nc(-c3ccc(C)cc3)no2)C1. The Kier molecular flexibility index (Phi) is 5.25. The number of piperidine rings is 1. The normalized spacial score (nSPS) is 18.5. The molecule has 1 unspecified atom stereocenters. The van der Waals surface area contributed by atoms with Gasteiger partial charge in [0.05, 0.1) is 19.1 Å². The lowest BCUT2D eigenvalue weighted by Gasteiger charge is -2.30. The van der Waals surface area contributed by atoms with Crippen molar-refractivity contribution in [3.05, 3.63) is 35.7 Å². The third kappa shape index (κ3) is 4.00. The number of nitrogens with zero attached hydrogens (tertiary/aromatic N) is 3. The molecular weight excluding hydrogens is 306 g/mol. The molecule has 0 aliphatic carbocycles. The number of esters is 1. The number of benzene rings is 1. The summed E-state index contributed by atoms with van der Waals surface area (Å²) in [6, 6.07) is 8.03. The van der Waals surface area contributed by atoms with Crippen LogP contribution in [0, 0.1) is 12.8 Å². The molecule has 1 saturated heterocycles. The largest absolute Gasteiger partial charge is 0.466 e. The number of ether oxygens (including phenoxy) is 1. The molecule has 128 valence electrons. The maximum absolute atomic E-state index is 11.9. The summed E-state index contributed by atoms with van der Waals surface area (Å²) >= 11 is 0. The maximum Gasteiger partial charge on any atom is 0.310 e. The van der Waals surface area contributed by atoms with Crippen LogP contribution in [-0.2, 0) is 16.1 Å². The van der Waals surface area contributed by atoms with Gasteiger partial charge in [0.1, 0.15) is 0 Å². The fourth-order valence-corrected chi connectivity index (χ4v) is 2.98. The summed E-state index contributed by atoms with van der Waals surface area (Å²) in [5.74, 6) is 1.02. The predicted octanol–water partition coefficient (Wildman–Crippen LogP) is 2.82. The van der Waals surface area contributed by atoms with Crippen LogP contribution >= 0.6 is 0 Å².